The van der Waals surface area contributed by atoms with Crippen molar-refractivity contribution in [2.24, 2.45) is 5.73 Å². The van der Waals surface area contributed by atoms with Crippen LogP contribution in [0.2, 0.25) is 0 Å². The van der Waals surface area contributed by atoms with Crippen LogP contribution in [0.4, 0.5) is 5.69 Å². The minimum Gasteiger partial charge on any atom is -0.481 e. The van der Waals surface area contributed by atoms with Gasteiger partial charge in [0.25, 0.3) is 0 Å². The molecule has 0 fully saturated rings. The zero-order valence-electron chi connectivity index (χ0n) is 9.68. The van der Waals surface area contributed by atoms with E-state index in [4.69, 9.17) is 10.8 Å². The minimum absolute atomic E-state index is 0.100. The lowest BCUT2D eigenvalue weighted by molar-refractivity contribution is -0.137. The van der Waals surface area contributed by atoms with Crippen molar-refractivity contribution in [1.29, 1.82) is 0 Å². The maximum atomic E-state index is 10.5. The van der Waals surface area contributed by atoms with Crippen LogP contribution in [0.15, 0.2) is 24.3 Å². The highest BCUT2D eigenvalue weighted by Gasteiger charge is 2.13. The first-order chi connectivity index (χ1) is 7.52. The van der Waals surface area contributed by atoms with Gasteiger partial charge >= 0.3 is 5.97 Å². The first-order valence-corrected chi connectivity index (χ1v) is 5.26. The van der Waals surface area contributed by atoms with E-state index in [1.807, 2.05) is 43.3 Å². The fraction of sp³-hybridized carbons (Fsp3) is 0.417. The van der Waals surface area contributed by atoms with Gasteiger partial charge in [0.2, 0.25) is 0 Å². The van der Waals surface area contributed by atoms with Gasteiger partial charge in [-0.3, -0.25) is 4.79 Å². The molecule has 0 saturated heterocycles. The largest absolute Gasteiger partial charge is 0.481 e. The summed E-state index contributed by atoms with van der Waals surface area (Å²) in [7, 11) is 3.89. The lowest BCUT2D eigenvalue weighted by Crippen LogP contribution is -2.18. The van der Waals surface area contributed by atoms with Crippen LogP contribution < -0.4 is 10.6 Å². The Morgan fingerprint density at radius 1 is 1.44 bits per heavy atom. The number of hydrogen-bond acceptors (Lipinski definition) is 3. The summed E-state index contributed by atoms with van der Waals surface area (Å²) in [5.74, 6) is -0.808. The molecule has 1 aromatic carbocycles. The lowest BCUT2D eigenvalue weighted by Gasteiger charge is -2.21. The van der Waals surface area contributed by atoms with Crippen LogP contribution in [-0.2, 0) is 4.79 Å². The molecule has 1 aromatic rings. The highest BCUT2D eigenvalue weighted by Crippen LogP contribution is 2.25. The molecule has 4 nitrogen and oxygen atoms in total. The molecule has 0 aromatic heterocycles. The number of carboxylic acids is 1. The smallest absolute Gasteiger partial charge is 0.303 e. The summed E-state index contributed by atoms with van der Waals surface area (Å²) in [4.78, 5) is 12.5. The molecule has 88 valence electrons. The number of benzene rings is 1. The van der Waals surface area contributed by atoms with E-state index in [0.29, 0.717) is 6.42 Å². The second kappa shape index (κ2) is 5.51. The van der Waals surface area contributed by atoms with Gasteiger partial charge in [0.1, 0.15) is 0 Å². The van der Waals surface area contributed by atoms with E-state index in [1.165, 1.54) is 0 Å². The van der Waals surface area contributed by atoms with Crippen molar-refractivity contribution in [3.63, 3.8) is 0 Å². The van der Waals surface area contributed by atoms with Gasteiger partial charge in [-0.05, 0) is 18.1 Å². The highest BCUT2D eigenvalue weighted by molar-refractivity contribution is 5.66. The van der Waals surface area contributed by atoms with Gasteiger partial charge in [-0.2, -0.15) is 0 Å². The van der Waals surface area contributed by atoms with E-state index >= 15 is 0 Å². The number of nitrogens with two attached hydrogens (primary N) is 1. The molecule has 0 aliphatic rings. The van der Waals surface area contributed by atoms with E-state index in [0.717, 1.165) is 11.3 Å². The molecule has 0 amide bonds. The Bertz CT molecular complexity index is 364. The summed E-state index contributed by atoms with van der Waals surface area (Å²) in [5.41, 5.74) is 8.03. The van der Waals surface area contributed by atoms with Gasteiger partial charge in [0.05, 0.1) is 0 Å². The number of carboxylic acid groups (broad SMARTS) is 1. The third kappa shape index (κ3) is 3.24. The Hall–Kier alpha value is -1.55. The van der Waals surface area contributed by atoms with Crippen molar-refractivity contribution in [3.05, 3.63) is 29.8 Å². The Morgan fingerprint density at radius 2 is 2.06 bits per heavy atom. The van der Waals surface area contributed by atoms with E-state index in [9.17, 15) is 4.79 Å². The number of para-hydroxylation sites is 1. The van der Waals surface area contributed by atoms with Crippen molar-refractivity contribution < 1.29 is 9.90 Å². The van der Waals surface area contributed by atoms with E-state index in [1.54, 1.807) is 0 Å². The van der Waals surface area contributed by atoms with Crippen LogP contribution in [-0.4, -0.2) is 25.2 Å². The van der Waals surface area contributed by atoms with Crippen molar-refractivity contribution >= 4 is 11.7 Å². The fourth-order valence-corrected chi connectivity index (χ4v) is 1.64. The second-order valence-corrected chi connectivity index (χ2v) is 3.99. The number of rotatable bonds is 5. The molecular weight excluding hydrogens is 204 g/mol. The molecule has 16 heavy (non-hydrogen) atoms. The van der Waals surface area contributed by atoms with Gasteiger partial charge in [-0.25, -0.2) is 0 Å². The Kier molecular flexibility index (Phi) is 4.31. The van der Waals surface area contributed by atoms with Crippen molar-refractivity contribution in [3.8, 4) is 0 Å². The predicted molar refractivity (Wildman–Crippen MR) is 64.6 cm³/mol. The number of hydrogen-bond donors (Lipinski definition) is 2. The monoisotopic (exact) mass is 222 g/mol. The summed E-state index contributed by atoms with van der Waals surface area (Å²) in [6.07, 6.45) is 0.559. The van der Waals surface area contributed by atoms with Crippen LogP contribution in [0.5, 0.6) is 0 Å². The number of carbonyl (C=O) groups is 1. The van der Waals surface area contributed by atoms with Crippen LogP contribution >= 0.6 is 0 Å². The first-order valence-electron chi connectivity index (χ1n) is 5.26. The third-order valence-corrected chi connectivity index (χ3v) is 2.49. The molecule has 0 unspecified atom stereocenters. The topological polar surface area (TPSA) is 66.6 Å². The summed E-state index contributed by atoms with van der Waals surface area (Å²) in [5, 5.41) is 8.62. The molecule has 0 aliphatic carbocycles. The standard InChI is InChI=1S/C12H18N2O2/c1-14(2)11-6-4-3-5-9(11)10(13)7-8-12(15)16/h3-6,10H,7-8,13H2,1-2H3,(H,15,16)/t10-/m1/s1. The SMILES string of the molecule is CN(C)c1ccccc1[C@H](N)CCC(=O)O. The van der Waals surface area contributed by atoms with Gasteiger partial charge in [0.15, 0.2) is 0 Å². The van der Waals surface area contributed by atoms with Crippen molar-refractivity contribution in [2.75, 3.05) is 19.0 Å². The average molecular weight is 222 g/mol. The van der Waals surface area contributed by atoms with Gasteiger partial charge < -0.3 is 15.7 Å². The zero-order valence-corrected chi connectivity index (χ0v) is 9.68. The minimum atomic E-state index is -0.808. The molecule has 1 atom stereocenters. The van der Waals surface area contributed by atoms with Crippen molar-refractivity contribution in [1.82, 2.24) is 0 Å². The predicted octanol–water partition coefficient (Wildman–Crippen LogP) is 1.62. The van der Waals surface area contributed by atoms with Crippen molar-refractivity contribution in [2.45, 2.75) is 18.9 Å². The van der Waals surface area contributed by atoms with Crippen LogP contribution in [0.25, 0.3) is 0 Å². The molecule has 1 rings (SSSR count). The van der Waals surface area contributed by atoms with Gasteiger partial charge in [-0.1, -0.05) is 18.2 Å². The lowest BCUT2D eigenvalue weighted by atomic mass is 10.0. The molecule has 3 N–H and O–H groups in total. The third-order valence-electron chi connectivity index (χ3n) is 2.49. The van der Waals surface area contributed by atoms with Crippen LogP contribution in [0.1, 0.15) is 24.4 Å². The van der Waals surface area contributed by atoms with Gasteiger partial charge in [0, 0.05) is 32.2 Å². The van der Waals surface area contributed by atoms with Crippen LogP contribution in [0.3, 0.4) is 0 Å². The average Bonchev–Trinajstić information content (AvgIpc) is 2.25. The molecule has 0 spiro atoms. The zero-order chi connectivity index (χ0) is 12.1. The molecule has 0 heterocycles. The maximum Gasteiger partial charge on any atom is 0.303 e. The maximum absolute atomic E-state index is 10.5. The second-order valence-electron chi connectivity index (χ2n) is 3.99. The molecule has 0 saturated carbocycles. The molecule has 0 radical (unpaired) electrons. The summed E-state index contributed by atoms with van der Waals surface area (Å²) < 4.78 is 0. The Balaban J connectivity index is 2.81. The quantitative estimate of drug-likeness (QED) is 0.794. The van der Waals surface area contributed by atoms with E-state index < -0.39 is 5.97 Å². The summed E-state index contributed by atoms with van der Waals surface area (Å²) >= 11 is 0. The first kappa shape index (κ1) is 12.5. The normalized spacial score (nSPS) is 12.2. The van der Waals surface area contributed by atoms with Gasteiger partial charge in [-0.15, -0.1) is 0 Å². The number of anilines is 1. The fourth-order valence-electron chi connectivity index (χ4n) is 1.64. The summed E-state index contributed by atoms with van der Waals surface area (Å²) in [6.45, 7) is 0. The molecule has 0 aliphatic heterocycles. The van der Waals surface area contributed by atoms with E-state index in [-0.39, 0.29) is 12.5 Å². The van der Waals surface area contributed by atoms with E-state index in [2.05, 4.69) is 0 Å². The number of aliphatic carboxylic acids is 1. The van der Waals surface area contributed by atoms with Crippen LogP contribution in [0, 0.1) is 0 Å². The molecule has 4 heteroatoms. The molecule has 0 bridgehead atoms. The molecular formula is C12H18N2O2. The number of nitrogens with zero attached hydrogens (tertiary/aromatic N) is 1. The Labute approximate surface area is 95.7 Å². The highest BCUT2D eigenvalue weighted by atomic mass is 16.4. The Morgan fingerprint density at radius 3 is 2.62 bits per heavy atom. The summed E-state index contributed by atoms with van der Waals surface area (Å²) in [6, 6.07) is 7.57.